The summed E-state index contributed by atoms with van der Waals surface area (Å²) in [5.41, 5.74) is 7.81. The summed E-state index contributed by atoms with van der Waals surface area (Å²) in [6.07, 6.45) is -0.785. The summed E-state index contributed by atoms with van der Waals surface area (Å²) in [4.78, 5) is 38.2. The minimum atomic E-state index is -4.12. The van der Waals surface area contributed by atoms with E-state index in [1.165, 1.54) is 19.1 Å². The number of fused-ring (bicyclic) bond motifs is 1. The first-order valence-corrected chi connectivity index (χ1v) is 14.3. The van der Waals surface area contributed by atoms with E-state index in [4.69, 9.17) is 10.5 Å². The van der Waals surface area contributed by atoms with Crippen molar-refractivity contribution in [2.24, 2.45) is 11.7 Å². The Morgan fingerprint density at radius 3 is 2.12 bits per heavy atom. The second-order valence-corrected chi connectivity index (χ2v) is 11.6. The van der Waals surface area contributed by atoms with E-state index >= 15 is 0 Å². The second kappa shape index (κ2) is 11.7. The number of ketones is 1. The van der Waals surface area contributed by atoms with E-state index in [1.807, 2.05) is 53.5 Å². The van der Waals surface area contributed by atoms with Crippen LogP contribution in [0.25, 0.3) is 10.9 Å². The van der Waals surface area contributed by atoms with Crippen LogP contribution in [0.1, 0.15) is 42.4 Å². The number of nitrogens with one attached hydrogen (secondary N) is 1. The number of nitrogens with two attached hydrogens (primary N) is 1. The highest BCUT2D eigenvalue weighted by molar-refractivity contribution is 7.90. The molecule has 208 valence electrons. The van der Waals surface area contributed by atoms with Crippen LogP contribution < -0.4 is 15.2 Å². The van der Waals surface area contributed by atoms with Crippen LogP contribution in [0.4, 0.5) is 0 Å². The van der Waals surface area contributed by atoms with Gasteiger partial charge in [0.2, 0.25) is 0 Å². The highest BCUT2D eigenvalue weighted by Crippen LogP contribution is 2.36. The molecule has 2 amide bonds. The van der Waals surface area contributed by atoms with E-state index < -0.39 is 33.7 Å². The predicted octanol–water partition coefficient (Wildman–Crippen LogP) is 3.83. The Hall–Kier alpha value is -4.44. The number of sulfonamides is 1. The number of primary amides is 1. The normalized spacial score (nSPS) is 12.3. The Kier molecular flexibility index (Phi) is 8.39. The summed E-state index contributed by atoms with van der Waals surface area (Å²) in [5, 5.41) is 0.337. The standard InChI is InChI=1S/C30H31N3O6S/c1-19(2)17-24-27(28(34)29(31)35)26-23(33(24)18-21-11-6-4-7-12-21)15-10-16-25(26)39-20(3)30(36)32-40(37,38)22-13-8-5-9-14-22/h4-16,19-20H,17-18H2,1-3H3,(H2,31,35)(H,32,36). The minimum Gasteiger partial charge on any atom is -0.480 e. The zero-order valence-corrected chi connectivity index (χ0v) is 23.3. The molecule has 9 nitrogen and oxygen atoms in total. The van der Waals surface area contributed by atoms with E-state index in [0.29, 0.717) is 29.6 Å². The fourth-order valence-electron chi connectivity index (χ4n) is 4.55. The van der Waals surface area contributed by atoms with Gasteiger partial charge in [-0.25, -0.2) is 13.1 Å². The van der Waals surface area contributed by atoms with Crippen LogP contribution in [0.15, 0.2) is 83.8 Å². The molecule has 4 rings (SSSR count). The van der Waals surface area contributed by atoms with Gasteiger partial charge in [0, 0.05) is 12.2 Å². The van der Waals surface area contributed by atoms with Crippen molar-refractivity contribution in [3.05, 3.63) is 95.7 Å². The van der Waals surface area contributed by atoms with Gasteiger partial charge in [0.25, 0.3) is 27.6 Å². The molecule has 0 aliphatic rings. The van der Waals surface area contributed by atoms with Crippen LogP contribution in [0.3, 0.4) is 0 Å². The Balaban J connectivity index is 1.80. The highest BCUT2D eigenvalue weighted by atomic mass is 32.2. The lowest BCUT2D eigenvalue weighted by Gasteiger charge is -2.16. The van der Waals surface area contributed by atoms with Crippen LogP contribution in [-0.4, -0.2) is 36.7 Å². The number of nitrogens with zero attached hydrogens (tertiary/aromatic N) is 1. The molecule has 1 heterocycles. The topological polar surface area (TPSA) is 138 Å². The van der Waals surface area contributed by atoms with Crippen molar-refractivity contribution < 1.29 is 27.5 Å². The Morgan fingerprint density at radius 1 is 0.900 bits per heavy atom. The molecule has 1 aromatic heterocycles. The fourth-order valence-corrected chi connectivity index (χ4v) is 5.61. The third kappa shape index (κ3) is 6.07. The van der Waals surface area contributed by atoms with Crippen LogP contribution >= 0.6 is 0 Å². The summed E-state index contributed by atoms with van der Waals surface area (Å²) in [7, 11) is -4.12. The molecule has 1 atom stereocenters. The van der Waals surface area contributed by atoms with Gasteiger partial charge in [-0.3, -0.25) is 14.4 Å². The molecule has 40 heavy (non-hydrogen) atoms. The fraction of sp³-hybridized carbons (Fsp3) is 0.233. The number of ether oxygens (including phenoxy) is 1. The van der Waals surface area contributed by atoms with E-state index in [0.717, 1.165) is 5.56 Å². The molecule has 0 aliphatic heterocycles. The minimum absolute atomic E-state index is 0.0664. The SMILES string of the molecule is CC(C)Cc1c(C(=O)C(N)=O)c2c(OC(C)C(=O)NS(=O)(=O)c3ccccc3)cccc2n1Cc1ccccc1. The lowest BCUT2D eigenvalue weighted by Crippen LogP contribution is -2.40. The summed E-state index contributed by atoms with van der Waals surface area (Å²) >= 11 is 0. The lowest BCUT2D eigenvalue weighted by atomic mass is 9.99. The molecule has 0 radical (unpaired) electrons. The number of amides is 2. The van der Waals surface area contributed by atoms with E-state index in [2.05, 4.69) is 0 Å². The van der Waals surface area contributed by atoms with Gasteiger partial charge in [-0.15, -0.1) is 0 Å². The van der Waals surface area contributed by atoms with Crippen LogP contribution in [0.2, 0.25) is 0 Å². The van der Waals surface area contributed by atoms with Gasteiger partial charge in [-0.2, -0.15) is 0 Å². The molecule has 0 bridgehead atoms. The summed E-state index contributed by atoms with van der Waals surface area (Å²) in [5.74, 6) is -2.59. The largest absolute Gasteiger partial charge is 0.480 e. The number of hydrogen-bond donors (Lipinski definition) is 2. The molecule has 0 saturated heterocycles. The first-order valence-electron chi connectivity index (χ1n) is 12.8. The molecule has 0 saturated carbocycles. The van der Waals surface area contributed by atoms with Crippen LogP contribution in [0, 0.1) is 5.92 Å². The van der Waals surface area contributed by atoms with Gasteiger partial charge < -0.3 is 15.0 Å². The van der Waals surface area contributed by atoms with Crippen molar-refractivity contribution in [1.82, 2.24) is 9.29 Å². The number of benzene rings is 3. The maximum atomic E-state index is 13.2. The number of aromatic nitrogens is 1. The molecule has 0 fully saturated rings. The molecular weight excluding hydrogens is 530 g/mol. The van der Waals surface area contributed by atoms with Crippen molar-refractivity contribution in [2.45, 2.75) is 44.7 Å². The molecule has 3 N–H and O–H groups in total. The van der Waals surface area contributed by atoms with Crippen molar-refractivity contribution in [3.63, 3.8) is 0 Å². The van der Waals surface area contributed by atoms with Gasteiger partial charge >= 0.3 is 0 Å². The average Bonchev–Trinajstić information content (AvgIpc) is 3.21. The molecule has 1 unspecified atom stereocenters. The third-order valence-corrected chi connectivity index (χ3v) is 7.72. The molecule has 4 aromatic rings. The summed E-state index contributed by atoms with van der Waals surface area (Å²) in [6, 6.07) is 22.2. The van der Waals surface area contributed by atoms with Crippen molar-refractivity contribution in [2.75, 3.05) is 0 Å². The van der Waals surface area contributed by atoms with Crippen molar-refractivity contribution >= 4 is 38.5 Å². The Bertz CT molecular complexity index is 1660. The zero-order valence-electron chi connectivity index (χ0n) is 22.5. The molecule has 0 spiro atoms. The van der Waals surface area contributed by atoms with Gasteiger partial charge in [0.1, 0.15) is 5.75 Å². The monoisotopic (exact) mass is 561 g/mol. The number of Topliss-reactive ketones (excluding diaryl/α,β-unsaturated/α-hetero) is 1. The average molecular weight is 562 g/mol. The van der Waals surface area contributed by atoms with Crippen molar-refractivity contribution in [3.8, 4) is 5.75 Å². The van der Waals surface area contributed by atoms with Gasteiger partial charge in [-0.05, 0) is 49.1 Å². The van der Waals surface area contributed by atoms with Crippen LogP contribution in [0.5, 0.6) is 5.75 Å². The smallest absolute Gasteiger partial charge is 0.289 e. The molecule has 10 heteroatoms. The van der Waals surface area contributed by atoms with E-state index in [9.17, 15) is 22.8 Å². The van der Waals surface area contributed by atoms with Gasteiger partial charge in [0.15, 0.2) is 6.10 Å². The van der Waals surface area contributed by atoms with Gasteiger partial charge in [-0.1, -0.05) is 68.4 Å². The third-order valence-electron chi connectivity index (χ3n) is 6.36. The van der Waals surface area contributed by atoms with E-state index in [-0.39, 0.29) is 22.1 Å². The molecule has 3 aromatic carbocycles. The maximum Gasteiger partial charge on any atom is 0.289 e. The predicted molar refractivity (Wildman–Crippen MR) is 151 cm³/mol. The summed E-state index contributed by atoms with van der Waals surface area (Å²) in [6.45, 7) is 5.82. The van der Waals surface area contributed by atoms with Gasteiger partial charge in [0.05, 0.1) is 21.4 Å². The zero-order chi connectivity index (χ0) is 29.0. The van der Waals surface area contributed by atoms with Crippen LogP contribution in [-0.2, 0) is 32.6 Å². The highest BCUT2D eigenvalue weighted by Gasteiger charge is 2.30. The van der Waals surface area contributed by atoms with E-state index in [1.54, 1.807) is 36.4 Å². The lowest BCUT2D eigenvalue weighted by molar-refractivity contribution is -0.125. The number of rotatable bonds is 11. The Morgan fingerprint density at radius 2 is 1.52 bits per heavy atom. The molecular formula is C30H31N3O6S. The number of carbonyl (C=O) groups is 3. The van der Waals surface area contributed by atoms with Crippen molar-refractivity contribution in [1.29, 1.82) is 0 Å². The molecule has 0 aliphatic carbocycles. The quantitative estimate of drug-likeness (QED) is 0.211. The number of carbonyl (C=O) groups excluding carboxylic acids is 3. The Labute approximate surface area is 233 Å². The first-order chi connectivity index (χ1) is 19.0. The first kappa shape index (κ1) is 28.6. The second-order valence-electron chi connectivity index (χ2n) is 9.88. The maximum absolute atomic E-state index is 13.2. The number of hydrogen-bond acceptors (Lipinski definition) is 6. The summed E-state index contributed by atoms with van der Waals surface area (Å²) < 4.78 is 35.3.